The summed E-state index contributed by atoms with van der Waals surface area (Å²) >= 11 is 0. The first-order valence-corrected chi connectivity index (χ1v) is 10.6. The molecule has 5 aromatic rings. The van der Waals surface area contributed by atoms with E-state index in [1.54, 1.807) is 12.4 Å². The van der Waals surface area contributed by atoms with E-state index in [1.165, 1.54) is 5.56 Å². The second-order valence-electron chi connectivity index (χ2n) is 7.54. The van der Waals surface area contributed by atoms with Crippen molar-refractivity contribution in [1.29, 1.82) is 0 Å². The van der Waals surface area contributed by atoms with E-state index in [1.807, 2.05) is 44.6 Å². The number of aromatic nitrogens is 7. The Hall–Kier alpha value is -4.13. The quantitative estimate of drug-likeness (QED) is 0.365. The average Bonchev–Trinajstić information content (AvgIpc) is 3.46. The lowest BCUT2D eigenvalue weighted by Crippen LogP contribution is -1.89. The summed E-state index contributed by atoms with van der Waals surface area (Å²) in [6.45, 7) is 6.13. The first-order valence-electron chi connectivity index (χ1n) is 10.6. The number of aryl methyl sites for hydroxylation is 1. The van der Waals surface area contributed by atoms with Crippen LogP contribution in [0.2, 0.25) is 0 Å². The molecule has 5 rings (SSSR count). The number of hydrogen-bond donors (Lipinski definition) is 2. The number of rotatable bonds is 5. The van der Waals surface area contributed by atoms with Crippen LogP contribution in [-0.4, -0.2) is 35.1 Å². The van der Waals surface area contributed by atoms with Crippen molar-refractivity contribution in [3.8, 4) is 22.8 Å². The van der Waals surface area contributed by atoms with Crippen molar-refractivity contribution < 1.29 is 0 Å². The van der Waals surface area contributed by atoms with Crippen molar-refractivity contribution in [3.63, 3.8) is 0 Å². The summed E-state index contributed by atoms with van der Waals surface area (Å²) in [5.41, 5.74) is 8.40. The summed E-state index contributed by atoms with van der Waals surface area (Å²) in [4.78, 5) is 21.7. The standard InChI is InChI=1S/C25H23N7/c1-4-7-16(6-3)19-12-27-13-22-23(19)30-25(29-22)24-18-9-20(28-14-21(18)31-32-24)17-8-15(5-2)10-26-11-17/h4,6-14H,5H2,1-3H3,(H,29,30)(H,31,32)/b7-4-,16-6+. The van der Waals surface area contributed by atoms with E-state index in [2.05, 4.69) is 55.3 Å². The summed E-state index contributed by atoms with van der Waals surface area (Å²) in [6.07, 6.45) is 16.2. The molecule has 7 heteroatoms. The Bertz CT molecular complexity index is 1490. The van der Waals surface area contributed by atoms with E-state index >= 15 is 0 Å². The van der Waals surface area contributed by atoms with Crippen LogP contribution in [0.5, 0.6) is 0 Å². The van der Waals surface area contributed by atoms with Crippen molar-refractivity contribution in [3.05, 3.63) is 72.5 Å². The van der Waals surface area contributed by atoms with E-state index < -0.39 is 0 Å². The van der Waals surface area contributed by atoms with Crippen LogP contribution in [0.25, 0.3) is 50.3 Å². The molecule has 158 valence electrons. The second kappa shape index (κ2) is 8.19. The Kier molecular flexibility index (Phi) is 5.07. The minimum Gasteiger partial charge on any atom is -0.335 e. The molecular weight excluding hydrogens is 398 g/mol. The monoisotopic (exact) mass is 421 g/mol. The molecule has 0 radical (unpaired) electrons. The number of allylic oxidation sites excluding steroid dienone is 4. The molecule has 0 saturated carbocycles. The number of hydrogen-bond acceptors (Lipinski definition) is 5. The molecule has 2 N–H and O–H groups in total. The van der Waals surface area contributed by atoms with Gasteiger partial charge in [0, 0.05) is 35.1 Å². The van der Waals surface area contributed by atoms with Gasteiger partial charge in [0.15, 0.2) is 5.82 Å². The maximum Gasteiger partial charge on any atom is 0.159 e. The SMILES string of the molecule is C/C=C\C(=C/C)c1cncc2[nH]c(-c3n[nH]c4cnc(-c5cncc(CC)c5)cc34)nc12. The number of pyridine rings is 3. The zero-order valence-corrected chi connectivity index (χ0v) is 18.2. The minimum atomic E-state index is 0.689. The highest BCUT2D eigenvalue weighted by molar-refractivity contribution is 5.97. The molecule has 0 saturated heterocycles. The zero-order chi connectivity index (χ0) is 22.1. The Morgan fingerprint density at radius 2 is 1.88 bits per heavy atom. The van der Waals surface area contributed by atoms with Crippen molar-refractivity contribution in [2.24, 2.45) is 0 Å². The van der Waals surface area contributed by atoms with Crippen LogP contribution in [-0.2, 0) is 6.42 Å². The number of nitrogens with zero attached hydrogens (tertiary/aromatic N) is 5. The van der Waals surface area contributed by atoms with Crippen molar-refractivity contribution in [1.82, 2.24) is 35.1 Å². The molecule has 5 heterocycles. The van der Waals surface area contributed by atoms with Gasteiger partial charge in [-0.1, -0.05) is 25.2 Å². The van der Waals surface area contributed by atoms with Gasteiger partial charge in [-0.15, -0.1) is 0 Å². The van der Waals surface area contributed by atoms with E-state index in [-0.39, 0.29) is 0 Å². The van der Waals surface area contributed by atoms with Gasteiger partial charge < -0.3 is 4.98 Å². The van der Waals surface area contributed by atoms with Gasteiger partial charge in [0.1, 0.15) is 5.69 Å². The maximum absolute atomic E-state index is 4.90. The normalized spacial score (nSPS) is 12.4. The molecule has 0 fully saturated rings. The van der Waals surface area contributed by atoms with Crippen LogP contribution in [0.1, 0.15) is 31.9 Å². The van der Waals surface area contributed by atoms with Gasteiger partial charge in [0.2, 0.25) is 0 Å². The zero-order valence-electron chi connectivity index (χ0n) is 18.2. The number of imidazole rings is 1. The van der Waals surface area contributed by atoms with Crippen molar-refractivity contribution >= 4 is 27.5 Å². The highest BCUT2D eigenvalue weighted by Gasteiger charge is 2.16. The second-order valence-corrected chi connectivity index (χ2v) is 7.54. The van der Waals surface area contributed by atoms with Crippen molar-refractivity contribution in [2.45, 2.75) is 27.2 Å². The smallest absolute Gasteiger partial charge is 0.159 e. The predicted octanol–water partition coefficient (Wildman–Crippen LogP) is 5.50. The van der Waals surface area contributed by atoms with Gasteiger partial charge in [-0.05, 0) is 43.5 Å². The van der Waals surface area contributed by atoms with Crippen LogP contribution >= 0.6 is 0 Å². The number of H-pyrrole nitrogens is 2. The lowest BCUT2D eigenvalue weighted by Gasteiger charge is -2.03. The molecule has 0 bridgehead atoms. The molecule has 0 aliphatic carbocycles. The Labute approximate surface area is 185 Å². The maximum atomic E-state index is 4.90. The molecule has 0 aliphatic heterocycles. The minimum absolute atomic E-state index is 0.689. The fourth-order valence-corrected chi connectivity index (χ4v) is 3.85. The van der Waals surface area contributed by atoms with Gasteiger partial charge in [0.25, 0.3) is 0 Å². The molecular formula is C25H23N7. The molecule has 32 heavy (non-hydrogen) atoms. The van der Waals surface area contributed by atoms with Crippen LogP contribution in [0.3, 0.4) is 0 Å². The molecule has 0 aromatic carbocycles. The van der Waals surface area contributed by atoms with E-state index in [0.29, 0.717) is 5.82 Å². The molecule has 0 amide bonds. The Morgan fingerprint density at radius 1 is 1.00 bits per heavy atom. The molecule has 0 aliphatic rings. The van der Waals surface area contributed by atoms with E-state index in [9.17, 15) is 0 Å². The van der Waals surface area contributed by atoms with Crippen LogP contribution in [0.4, 0.5) is 0 Å². The summed E-state index contributed by atoms with van der Waals surface area (Å²) in [5.74, 6) is 0.689. The van der Waals surface area contributed by atoms with Gasteiger partial charge in [0.05, 0.1) is 34.6 Å². The number of fused-ring (bicyclic) bond motifs is 2. The molecule has 0 spiro atoms. The van der Waals surface area contributed by atoms with Gasteiger partial charge in [-0.2, -0.15) is 5.10 Å². The fraction of sp³-hybridized carbons (Fsp3) is 0.160. The molecule has 5 aromatic heterocycles. The average molecular weight is 422 g/mol. The van der Waals surface area contributed by atoms with Gasteiger partial charge in [-0.3, -0.25) is 20.1 Å². The van der Waals surface area contributed by atoms with Crippen molar-refractivity contribution in [2.75, 3.05) is 0 Å². The van der Waals surface area contributed by atoms with Crippen LogP contribution in [0.15, 0.2) is 61.3 Å². The first-order chi connectivity index (χ1) is 15.7. The highest BCUT2D eigenvalue weighted by Crippen LogP contribution is 2.31. The third-order valence-electron chi connectivity index (χ3n) is 5.53. The molecule has 0 atom stereocenters. The number of aromatic amines is 2. The highest BCUT2D eigenvalue weighted by atomic mass is 15.1. The van der Waals surface area contributed by atoms with E-state index in [0.717, 1.165) is 56.4 Å². The largest absolute Gasteiger partial charge is 0.335 e. The van der Waals surface area contributed by atoms with Crippen LogP contribution in [0, 0.1) is 0 Å². The van der Waals surface area contributed by atoms with E-state index in [4.69, 9.17) is 4.98 Å². The lowest BCUT2D eigenvalue weighted by atomic mass is 10.1. The Morgan fingerprint density at radius 3 is 2.69 bits per heavy atom. The summed E-state index contributed by atoms with van der Waals surface area (Å²) < 4.78 is 0. The van der Waals surface area contributed by atoms with Crippen LogP contribution < -0.4 is 0 Å². The summed E-state index contributed by atoms with van der Waals surface area (Å²) in [5, 5.41) is 8.56. The number of nitrogens with one attached hydrogen (secondary N) is 2. The molecule has 0 unspecified atom stereocenters. The van der Waals surface area contributed by atoms with Gasteiger partial charge >= 0.3 is 0 Å². The third-order valence-corrected chi connectivity index (χ3v) is 5.53. The molecule has 7 nitrogen and oxygen atoms in total. The summed E-state index contributed by atoms with van der Waals surface area (Å²) in [7, 11) is 0. The summed E-state index contributed by atoms with van der Waals surface area (Å²) in [6, 6.07) is 4.16. The first kappa shape index (κ1) is 19.8. The Balaban J connectivity index is 1.65. The lowest BCUT2D eigenvalue weighted by molar-refractivity contribution is 1.10. The predicted molar refractivity (Wildman–Crippen MR) is 128 cm³/mol. The van der Waals surface area contributed by atoms with Gasteiger partial charge in [-0.25, -0.2) is 4.98 Å². The fourth-order valence-electron chi connectivity index (χ4n) is 3.85. The topological polar surface area (TPSA) is 96.0 Å². The third kappa shape index (κ3) is 3.37.